The van der Waals surface area contributed by atoms with E-state index in [0.29, 0.717) is 12.1 Å². The van der Waals surface area contributed by atoms with Gasteiger partial charge in [0.2, 0.25) is 0 Å². The predicted octanol–water partition coefficient (Wildman–Crippen LogP) is 2.14. The summed E-state index contributed by atoms with van der Waals surface area (Å²) in [6, 6.07) is 1.29. The molecule has 2 unspecified atom stereocenters. The van der Waals surface area contributed by atoms with Crippen molar-refractivity contribution < 1.29 is 9.47 Å². The molecule has 0 aromatic rings. The third kappa shape index (κ3) is 6.53. The summed E-state index contributed by atoms with van der Waals surface area (Å²) in [7, 11) is 0. The van der Waals surface area contributed by atoms with Gasteiger partial charge in [0.15, 0.2) is 0 Å². The normalized spacial score (nSPS) is 22.5. The minimum atomic E-state index is 0.580. The molecule has 1 fully saturated rings. The molecule has 1 N–H and O–H groups in total. The summed E-state index contributed by atoms with van der Waals surface area (Å²) in [6.07, 6.45) is 2.67. The van der Waals surface area contributed by atoms with Gasteiger partial charge >= 0.3 is 0 Å². The maximum absolute atomic E-state index is 5.52. The smallest absolute Gasteiger partial charge is 0.0593 e. The molecule has 1 aliphatic rings. The maximum atomic E-state index is 5.52. The lowest BCUT2D eigenvalue weighted by atomic mass is 9.78. The average Bonchev–Trinajstić information content (AvgIpc) is 2.37. The molecule has 1 aliphatic carbocycles. The van der Waals surface area contributed by atoms with Crippen molar-refractivity contribution in [2.24, 2.45) is 5.92 Å². The molecule has 4 heteroatoms. The number of nitrogens with one attached hydrogen (secondary N) is 1. The molecule has 1 rings (SSSR count). The van der Waals surface area contributed by atoms with E-state index in [0.717, 1.165) is 52.0 Å². The molecule has 4 nitrogen and oxygen atoms in total. The zero-order chi connectivity index (χ0) is 14.8. The summed E-state index contributed by atoms with van der Waals surface area (Å²) in [5.41, 5.74) is 0. The van der Waals surface area contributed by atoms with Gasteiger partial charge < -0.3 is 14.8 Å². The van der Waals surface area contributed by atoms with Crippen molar-refractivity contribution in [1.29, 1.82) is 0 Å². The molecule has 20 heavy (non-hydrogen) atoms. The van der Waals surface area contributed by atoms with Gasteiger partial charge in [-0.25, -0.2) is 0 Å². The lowest BCUT2D eigenvalue weighted by Gasteiger charge is -2.45. The Balaban J connectivity index is 2.35. The Morgan fingerprint density at radius 2 is 1.65 bits per heavy atom. The molecule has 0 amide bonds. The van der Waals surface area contributed by atoms with E-state index in [1.165, 1.54) is 12.8 Å². The van der Waals surface area contributed by atoms with Crippen LogP contribution in [0.3, 0.4) is 0 Å². The second-order valence-electron chi connectivity index (χ2n) is 5.90. The van der Waals surface area contributed by atoms with Crippen molar-refractivity contribution in [2.75, 3.05) is 46.1 Å². The highest BCUT2D eigenvalue weighted by atomic mass is 16.5. The average molecular weight is 286 g/mol. The summed E-state index contributed by atoms with van der Waals surface area (Å²) >= 11 is 0. The molecule has 0 radical (unpaired) electrons. The lowest BCUT2D eigenvalue weighted by Crippen LogP contribution is -2.52. The summed E-state index contributed by atoms with van der Waals surface area (Å²) in [5.74, 6) is 0.792. The molecule has 0 bridgehead atoms. The summed E-state index contributed by atoms with van der Waals surface area (Å²) < 4.78 is 11.0. The van der Waals surface area contributed by atoms with Crippen LogP contribution in [0.25, 0.3) is 0 Å². The molecule has 0 saturated heterocycles. The standard InChI is InChI=1S/C16H34N2O2/c1-5-19-11-9-18(10-12-20-6-2)16-8-7-15(16)13-17-14(3)4/h14-17H,5-13H2,1-4H3. The Morgan fingerprint density at radius 3 is 2.05 bits per heavy atom. The number of rotatable bonds is 12. The maximum Gasteiger partial charge on any atom is 0.0593 e. The highest BCUT2D eigenvalue weighted by molar-refractivity contribution is 4.90. The summed E-state index contributed by atoms with van der Waals surface area (Å²) in [6.45, 7) is 15.0. The van der Waals surface area contributed by atoms with Crippen LogP contribution in [0.2, 0.25) is 0 Å². The number of hydrogen-bond donors (Lipinski definition) is 1. The minimum Gasteiger partial charge on any atom is -0.380 e. The zero-order valence-electron chi connectivity index (χ0n) is 13.9. The first kappa shape index (κ1) is 17.9. The topological polar surface area (TPSA) is 33.7 Å². The number of ether oxygens (including phenoxy) is 2. The first-order chi connectivity index (χ1) is 9.69. The highest BCUT2D eigenvalue weighted by Gasteiger charge is 2.34. The Hall–Kier alpha value is -0.160. The van der Waals surface area contributed by atoms with Crippen LogP contribution in [-0.4, -0.2) is 63.0 Å². The van der Waals surface area contributed by atoms with Crippen LogP contribution in [0.1, 0.15) is 40.5 Å². The van der Waals surface area contributed by atoms with Gasteiger partial charge in [-0.3, -0.25) is 4.90 Å². The van der Waals surface area contributed by atoms with E-state index in [-0.39, 0.29) is 0 Å². The Bertz CT molecular complexity index is 227. The zero-order valence-corrected chi connectivity index (χ0v) is 13.9. The molecule has 0 aromatic carbocycles. The highest BCUT2D eigenvalue weighted by Crippen LogP contribution is 2.31. The first-order valence-corrected chi connectivity index (χ1v) is 8.31. The predicted molar refractivity (Wildman–Crippen MR) is 84.2 cm³/mol. The van der Waals surface area contributed by atoms with E-state index in [4.69, 9.17) is 9.47 Å². The molecule has 0 heterocycles. The molecule has 120 valence electrons. The molecule has 2 atom stereocenters. The van der Waals surface area contributed by atoms with Crippen molar-refractivity contribution >= 4 is 0 Å². The van der Waals surface area contributed by atoms with E-state index in [2.05, 4.69) is 37.9 Å². The second kappa shape index (κ2) is 10.6. The number of hydrogen-bond acceptors (Lipinski definition) is 4. The fraction of sp³-hybridized carbons (Fsp3) is 1.00. The van der Waals surface area contributed by atoms with Crippen molar-refractivity contribution in [2.45, 2.75) is 52.6 Å². The van der Waals surface area contributed by atoms with Gasteiger partial charge in [0.1, 0.15) is 0 Å². The van der Waals surface area contributed by atoms with Crippen molar-refractivity contribution in [3.05, 3.63) is 0 Å². The van der Waals surface area contributed by atoms with Gasteiger partial charge in [0.05, 0.1) is 13.2 Å². The van der Waals surface area contributed by atoms with Crippen LogP contribution < -0.4 is 5.32 Å². The van der Waals surface area contributed by atoms with Crippen LogP contribution in [0.15, 0.2) is 0 Å². The molecule has 0 aliphatic heterocycles. The Labute approximate surface area is 125 Å². The van der Waals surface area contributed by atoms with Crippen LogP contribution >= 0.6 is 0 Å². The van der Waals surface area contributed by atoms with Crippen molar-refractivity contribution in [3.63, 3.8) is 0 Å². The van der Waals surface area contributed by atoms with Crippen LogP contribution in [0, 0.1) is 5.92 Å². The van der Waals surface area contributed by atoms with Gasteiger partial charge in [-0.15, -0.1) is 0 Å². The van der Waals surface area contributed by atoms with E-state index in [1.807, 2.05) is 0 Å². The molecule has 0 aromatic heterocycles. The molecular formula is C16H34N2O2. The fourth-order valence-corrected chi connectivity index (χ4v) is 2.75. The van der Waals surface area contributed by atoms with Crippen LogP contribution in [0.5, 0.6) is 0 Å². The number of nitrogens with zero attached hydrogens (tertiary/aromatic N) is 1. The lowest BCUT2D eigenvalue weighted by molar-refractivity contribution is 0.0114. The van der Waals surface area contributed by atoms with Crippen LogP contribution in [-0.2, 0) is 9.47 Å². The molecular weight excluding hydrogens is 252 g/mol. The van der Waals surface area contributed by atoms with E-state index in [9.17, 15) is 0 Å². The third-order valence-corrected chi connectivity index (χ3v) is 4.09. The second-order valence-corrected chi connectivity index (χ2v) is 5.90. The van der Waals surface area contributed by atoms with Gasteiger partial charge in [-0.05, 0) is 39.2 Å². The largest absolute Gasteiger partial charge is 0.380 e. The molecule has 0 spiro atoms. The van der Waals surface area contributed by atoms with Gasteiger partial charge in [0, 0.05) is 38.4 Å². The minimum absolute atomic E-state index is 0.580. The van der Waals surface area contributed by atoms with Gasteiger partial charge in [-0.2, -0.15) is 0 Å². The van der Waals surface area contributed by atoms with Crippen molar-refractivity contribution in [1.82, 2.24) is 10.2 Å². The third-order valence-electron chi connectivity index (χ3n) is 4.09. The quantitative estimate of drug-likeness (QED) is 0.557. The van der Waals surface area contributed by atoms with Crippen LogP contribution in [0.4, 0.5) is 0 Å². The fourth-order valence-electron chi connectivity index (χ4n) is 2.75. The first-order valence-electron chi connectivity index (χ1n) is 8.31. The summed E-state index contributed by atoms with van der Waals surface area (Å²) in [4.78, 5) is 2.57. The van der Waals surface area contributed by atoms with E-state index >= 15 is 0 Å². The Kier molecular flexibility index (Phi) is 9.44. The van der Waals surface area contributed by atoms with Crippen molar-refractivity contribution in [3.8, 4) is 0 Å². The van der Waals surface area contributed by atoms with Gasteiger partial charge in [0.25, 0.3) is 0 Å². The van der Waals surface area contributed by atoms with E-state index < -0.39 is 0 Å². The van der Waals surface area contributed by atoms with E-state index in [1.54, 1.807) is 0 Å². The van der Waals surface area contributed by atoms with Gasteiger partial charge in [-0.1, -0.05) is 13.8 Å². The SMILES string of the molecule is CCOCCN(CCOCC)C1CCC1CNC(C)C. The summed E-state index contributed by atoms with van der Waals surface area (Å²) in [5, 5.41) is 3.58. The Morgan fingerprint density at radius 1 is 1.05 bits per heavy atom. The monoisotopic (exact) mass is 286 g/mol. The molecule has 1 saturated carbocycles.